The molecule has 0 saturated carbocycles. The molecule has 0 radical (unpaired) electrons. The molecule has 31 heavy (non-hydrogen) atoms. The van der Waals surface area contributed by atoms with Crippen LogP contribution in [0.1, 0.15) is 39.7 Å². The van der Waals surface area contributed by atoms with Gasteiger partial charge in [-0.3, -0.25) is 4.79 Å². The van der Waals surface area contributed by atoms with Crippen LogP contribution in [0.5, 0.6) is 0 Å². The molecule has 0 heterocycles. The average Bonchev–Trinajstić information content (AvgIpc) is 2.79. The summed E-state index contributed by atoms with van der Waals surface area (Å²) in [6, 6.07) is 31.5. The van der Waals surface area contributed by atoms with Crippen molar-refractivity contribution in [1.29, 1.82) is 0 Å². The van der Waals surface area contributed by atoms with Crippen LogP contribution in [0.2, 0.25) is 5.04 Å². The van der Waals surface area contributed by atoms with Gasteiger partial charge in [0.1, 0.15) is 5.78 Å². The summed E-state index contributed by atoms with van der Waals surface area (Å²) < 4.78 is 7.04. The lowest BCUT2D eigenvalue weighted by atomic mass is 9.95. The highest BCUT2D eigenvalue weighted by molar-refractivity contribution is 6.99. The summed E-state index contributed by atoms with van der Waals surface area (Å²) in [5, 5.41) is 2.40. The molecule has 3 aromatic rings. The topological polar surface area (TPSA) is 26.3 Å². The molecule has 162 valence electrons. The average molecular weight is 431 g/mol. The van der Waals surface area contributed by atoms with Crippen molar-refractivity contribution in [2.24, 2.45) is 5.92 Å². The third-order valence-electron chi connectivity index (χ3n) is 6.05. The smallest absolute Gasteiger partial charge is 0.261 e. The Kier molecular flexibility index (Phi) is 7.63. The first kappa shape index (κ1) is 23.2. The van der Waals surface area contributed by atoms with E-state index in [2.05, 4.69) is 93.6 Å². The molecule has 0 fully saturated rings. The van der Waals surface area contributed by atoms with E-state index in [9.17, 15) is 4.79 Å². The molecule has 2 nitrogen and oxygen atoms in total. The van der Waals surface area contributed by atoms with E-state index < -0.39 is 8.32 Å². The molecule has 0 saturated heterocycles. The van der Waals surface area contributed by atoms with Crippen molar-refractivity contribution in [1.82, 2.24) is 0 Å². The van der Waals surface area contributed by atoms with Crippen LogP contribution in [0.15, 0.2) is 91.0 Å². The van der Waals surface area contributed by atoms with Gasteiger partial charge >= 0.3 is 0 Å². The molecule has 0 aliphatic carbocycles. The van der Waals surface area contributed by atoms with Gasteiger partial charge in [0, 0.05) is 18.9 Å². The molecule has 1 atom stereocenters. The zero-order valence-electron chi connectivity index (χ0n) is 19.2. The van der Waals surface area contributed by atoms with Gasteiger partial charge in [0.15, 0.2) is 0 Å². The Morgan fingerprint density at radius 1 is 0.806 bits per heavy atom. The quantitative estimate of drug-likeness (QED) is 0.425. The van der Waals surface area contributed by atoms with Crippen molar-refractivity contribution in [2.75, 3.05) is 6.61 Å². The minimum Gasteiger partial charge on any atom is -0.407 e. The highest BCUT2D eigenvalue weighted by Gasteiger charge is 2.50. The Labute approximate surface area is 188 Å². The van der Waals surface area contributed by atoms with Gasteiger partial charge in [-0.15, -0.1) is 0 Å². The predicted octanol–water partition coefficient (Wildman–Crippen LogP) is 5.40. The molecule has 0 aromatic heterocycles. The van der Waals surface area contributed by atoms with E-state index in [-0.39, 0.29) is 16.7 Å². The molecule has 0 aliphatic heterocycles. The second-order valence-corrected chi connectivity index (χ2v) is 13.5. The van der Waals surface area contributed by atoms with Crippen molar-refractivity contribution < 1.29 is 9.22 Å². The lowest BCUT2D eigenvalue weighted by Gasteiger charge is -2.43. The summed E-state index contributed by atoms with van der Waals surface area (Å²) >= 11 is 0. The number of Topliss-reactive ketones (excluding diaryl/α,β-unsaturated/α-hetero) is 1. The zero-order chi connectivity index (χ0) is 22.3. The first-order valence-corrected chi connectivity index (χ1v) is 13.1. The van der Waals surface area contributed by atoms with Gasteiger partial charge < -0.3 is 4.43 Å². The minimum absolute atomic E-state index is 0.0950. The van der Waals surface area contributed by atoms with Crippen molar-refractivity contribution in [2.45, 2.75) is 45.6 Å². The second-order valence-electron chi connectivity index (χ2n) is 9.18. The maximum atomic E-state index is 12.9. The normalized spacial score (nSPS) is 13.0. The van der Waals surface area contributed by atoms with E-state index in [1.54, 1.807) is 0 Å². The molecule has 3 aromatic carbocycles. The number of rotatable bonds is 9. The Morgan fingerprint density at radius 2 is 1.26 bits per heavy atom. The fourth-order valence-electron chi connectivity index (χ4n) is 4.44. The number of hydrogen-bond acceptors (Lipinski definition) is 2. The number of benzene rings is 3. The number of carbonyl (C=O) groups excluding carboxylic acids is 1. The van der Waals surface area contributed by atoms with Crippen LogP contribution in [-0.2, 0) is 15.6 Å². The Balaban J connectivity index is 2.02. The van der Waals surface area contributed by atoms with Crippen LogP contribution in [0.4, 0.5) is 0 Å². The molecular formula is C28H34O2Si. The summed E-state index contributed by atoms with van der Waals surface area (Å²) in [4.78, 5) is 12.9. The predicted molar refractivity (Wildman–Crippen MR) is 133 cm³/mol. The molecular weight excluding hydrogens is 396 g/mol. The van der Waals surface area contributed by atoms with Crippen molar-refractivity contribution in [3.8, 4) is 0 Å². The number of carbonyl (C=O) groups is 1. The third kappa shape index (κ3) is 5.23. The van der Waals surface area contributed by atoms with Crippen LogP contribution in [0.25, 0.3) is 0 Å². The van der Waals surface area contributed by atoms with Gasteiger partial charge in [-0.2, -0.15) is 0 Å². The summed E-state index contributed by atoms with van der Waals surface area (Å²) in [5.74, 6) is 0.121. The van der Waals surface area contributed by atoms with Crippen molar-refractivity contribution in [3.63, 3.8) is 0 Å². The molecule has 0 unspecified atom stereocenters. The Hall–Kier alpha value is -2.49. The van der Waals surface area contributed by atoms with Gasteiger partial charge in [-0.25, -0.2) is 0 Å². The summed E-state index contributed by atoms with van der Waals surface area (Å²) in [7, 11) is -2.64. The largest absolute Gasteiger partial charge is 0.407 e. The van der Waals surface area contributed by atoms with Gasteiger partial charge in [0.2, 0.25) is 0 Å². The van der Waals surface area contributed by atoms with Crippen LogP contribution in [-0.4, -0.2) is 20.7 Å². The van der Waals surface area contributed by atoms with E-state index in [1.165, 1.54) is 15.9 Å². The number of hydrogen-bond donors (Lipinski definition) is 0. The highest BCUT2D eigenvalue weighted by Crippen LogP contribution is 2.37. The lowest BCUT2D eigenvalue weighted by Crippen LogP contribution is -2.67. The van der Waals surface area contributed by atoms with Crippen molar-refractivity contribution >= 4 is 24.5 Å². The molecule has 0 amide bonds. The van der Waals surface area contributed by atoms with E-state index in [0.717, 1.165) is 0 Å². The van der Waals surface area contributed by atoms with Gasteiger partial charge in [0.05, 0.1) is 0 Å². The van der Waals surface area contributed by atoms with Crippen LogP contribution < -0.4 is 10.4 Å². The van der Waals surface area contributed by atoms with Crippen LogP contribution >= 0.6 is 0 Å². The summed E-state index contributed by atoms with van der Waals surface area (Å²) in [6.45, 7) is 9.20. The summed E-state index contributed by atoms with van der Waals surface area (Å²) in [5.41, 5.74) is 1.18. The van der Waals surface area contributed by atoms with Gasteiger partial charge in [0.25, 0.3) is 8.32 Å². The monoisotopic (exact) mass is 430 g/mol. The number of ketones is 1. The maximum Gasteiger partial charge on any atom is 0.261 e. The Bertz CT molecular complexity index is 907. The van der Waals surface area contributed by atoms with Crippen molar-refractivity contribution in [3.05, 3.63) is 96.6 Å². The zero-order valence-corrected chi connectivity index (χ0v) is 20.2. The standard InChI is InChI=1S/C28H34O2Si/c1-5-27(29)24(21-23-15-9-6-10-16-23)22-30-31(28(2,3)4,25-17-11-7-12-18-25)26-19-13-8-14-20-26/h6-20,24H,5,21-22H2,1-4H3/t24-/m1/s1. The first-order valence-electron chi connectivity index (χ1n) is 11.2. The highest BCUT2D eigenvalue weighted by atomic mass is 28.4. The molecule has 3 heteroatoms. The fourth-order valence-corrected chi connectivity index (χ4v) is 9.05. The van der Waals surface area contributed by atoms with Gasteiger partial charge in [-0.1, -0.05) is 119 Å². The molecule has 0 N–H and O–H groups in total. The lowest BCUT2D eigenvalue weighted by molar-refractivity contribution is -0.123. The molecule has 3 rings (SSSR count). The minimum atomic E-state index is -2.64. The second kappa shape index (κ2) is 10.2. The van der Waals surface area contributed by atoms with Gasteiger partial charge in [-0.05, 0) is 27.4 Å². The SMILES string of the molecule is CCC(=O)[C@@H](CO[Si](c1ccccc1)(c1ccccc1)C(C)(C)C)Cc1ccccc1. The molecule has 0 aliphatic rings. The molecule has 0 bridgehead atoms. The van der Waals surface area contributed by atoms with E-state index in [0.29, 0.717) is 19.4 Å². The van der Waals surface area contributed by atoms with E-state index in [1.807, 2.05) is 25.1 Å². The van der Waals surface area contributed by atoms with E-state index in [4.69, 9.17) is 4.43 Å². The molecule has 0 spiro atoms. The fraction of sp³-hybridized carbons (Fsp3) is 0.321. The Morgan fingerprint density at radius 3 is 1.68 bits per heavy atom. The first-order chi connectivity index (χ1) is 14.9. The summed E-state index contributed by atoms with van der Waals surface area (Å²) in [6.07, 6.45) is 1.24. The maximum absolute atomic E-state index is 12.9. The van der Waals surface area contributed by atoms with Crippen LogP contribution in [0, 0.1) is 5.92 Å². The van der Waals surface area contributed by atoms with E-state index >= 15 is 0 Å². The third-order valence-corrected chi connectivity index (χ3v) is 11.1. The van der Waals surface area contributed by atoms with Crippen LogP contribution in [0.3, 0.4) is 0 Å².